The predicted molar refractivity (Wildman–Crippen MR) is 116 cm³/mol. The molecule has 6 nitrogen and oxygen atoms in total. The summed E-state index contributed by atoms with van der Waals surface area (Å²) in [5.41, 5.74) is 8.34. The number of imide groups is 1. The van der Waals surface area contributed by atoms with Gasteiger partial charge < -0.3 is 10.6 Å². The molecule has 0 aliphatic carbocycles. The molecule has 3 atom stereocenters. The summed E-state index contributed by atoms with van der Waals surface area (Å²) < 4.78 is 0. The largest absolute Gasteiger partial charge is 0.389 e. The van der Waals surface area contributed by atoms with Crippen LogP contribution in [0, 0.1) is 0 Å². The molecule has 2 aromatic carbocycles. The summed E-state index contributed by atoms with van der Waals surface area (Å²) in [6.45, 7) is 2.00. The summed E-state index contributed by atoms with van der Waals surface area (Å²) in [4.78, 5) is 32.9. The highest BCUT2D eigenvalue weighted by molar-refractivity contribution is 7.82. The molecule has 3 rings (SSSR count). The molecule has 2 unspecified atom stereocenters. The molecular formula is C22H25N3O3S. The van der Waals surface area contributed by atoms with Crippen molar-refractivity contribution in [2.45, 2.75) is 37.2 Å². The van der Waals surface area contributed by atoms with Crippen molar-refractivity contribution in [1.29, 1.82) is 0 Å². The maximum Gasteiger partial charge on any atom is 0.260 e. The Morgan fingerprint density at radius 3 is 2.34 bits per heavy atom. The SMILES string of the molecule is CCC1=NOC(CN(C(=O)c2ccccc2)C(=O)[C@@H](N)Cc2ccccc2)C1S. The van der Waals surface area contributed by atoms with Crippen molar-refractivity contribution in [2.24, 2.45) is 10.9 Å². The van der Waals surface area contributed by atoms with E-state index in [9.17, 15) is 9.59 Å². The van der Waals surface area contributed by atoms with Crippen molar-refractivity contribution in [3.8, 4) is 0 Å². The van der Waals surface area contributed by atoms with E-state index in [1.54, 1.807) is 24.3 Å². The fraction of sp³-hybridized carbons (Fsp3) is 0.318. The molecule has 0 fully saturated rings. The number of rotatable bonds is 7. The topological polar surface area (TPSA) is 85.0 Å². The molecule has 29 heavy (non-hydrogen) atoms. The Balaban J connectivity index is 1.80. The molecule has 1 aliphatic heterocycles. The average molecular weight is 412 g/mol. The van der Waals surface area contributed by atoms with Gasteiger partial charge in [-0.15, -0.1) is 0 Å². The van der Waals surface area contributed by atoms with Gasteiger partial charge in [-0.25, -0.2) is 0 Å². The van der Waals surface area contributed by atoms with Crippen LogP contribution in [0.1, 0.15) is 29.3 Å². The predicted octanol–water partition coefficient (Wildman–Crippen LogP) is 2.69. The van der Waals surface area contributed by atoms with Crippen LogP contribution in [0.3, 0.4) is 0 Å². The number of thiol groups is 1. The number of amides is 2. The highest BCUT2D eigenvalue weighted by atomic mass is 32.1. The first-order chi connectivity index (χ1) is 14.0. The van der Waals surface area contributed by atoms with Crippen molar-refractivity contribution in [2.75, 3.05) is 6.54 Å². The van der Waals surface area contributed by atoms with Crippen LogP contribution in [0.15, 0.2) is 65.8 Å². The highest BCUT2D eigenvalue weighted by Gasteiger charge is 2.36. The van der Waals surface area contributed by atoms with Crippen molar-refractivity contribution in [3.63, 3.8) is 0 Å². The van der Waals surface area contributed by atoms with E-state index in [4.69, 9.17) is 10.6 Å². The smallest absolute Gasteiger partial charge is 0.260 e. The molecule has 0 spiro atoms. The summed E-state index contributed by atoms with van der Waals surface area (Å²) >= 11 is 4.56. The Kier molecular flexibility index (Phi) is 7.06. The Bertz CT molecular complexity index is 873. The summed E-state index contributed by atoms with van der Waals surface area (Å²) in [6.07, 6.45) is 0.526. The molecule has 0 radical (unpaired) electrons. The summed E-state index contributed by atoms with van der Waals surface area (Å²) in [7, 11) is 0. The molecule has 7 heteroatoms. The zero-order valence-corrected chi connectivity index (χ0v) is 17.2. The standard InChI is InChI=1S/C22H25N3O3S/c1-2-18-20(29)19(28-24-18)14-25(21(26)16-11-7-4-8-12-16)22(27)17(23)13-15-9-5-3-6-10-15/h3-12,17,19-20,29H,2,13-14,23H2,1H3/t17-,19?,20?/m0/s1. The number of carbonyl (C=O) groups excluding carboxylic acids is 2. The number of hydrogen-bond donors (Lipinski definition) is 2. The maximum atomic E-state index is 13.2. The van der Waals surface area contributed by atoms with Gasteiger partial charge in [-0.05, 0) is 30.5 Å². The van der Waals surface area contributed by atoms with Crippen LogP contribution in [0.4, 0.5) is 0 Å². The van der Waals surface area contributed by atoms with Crippen LogP contribution >= 0.6 is 12.6 Å². The summed E-state index contributed by atoms with van der Waals surface area (Å²) in [5.74, 6) is -0.856. The first-order valence-corrected chi connectivity index (χ1v) is 10.1. The van der Waals surface area contributed by atoms with Gasteiger partial charge in [0.05, 0.1) is 23.5 Å². The molecule has 2 amide bonds. The first-order valence-electron chi connectivity index (χ1n) is 9.62. The monoisotopic (exact) mass is 411 g/mol. The third-order valence-electron chi connectivity index (χ3n) is 4.87. The van der Waals surface area contributed by atoms with E-state index in [0.29, 0.717) is 18.4 Å². The minimum Gasteiger partial charge on any atom is -0.389 e. The van der Waals surface area contributed by atoms with Crippen LogP contribution < -0.4 is 5.73 Å². The second-order valence-electron chi connectivity index (χ2n) is 6.94. The van der Waals surface area contributed by atoms with Gasteiger partial charge in [0.15, 0.2) is 6.10 Å². The number of benzene rings is 2. The Morgan fingerprint density at radius 2 is 1.76 bits per heavy atom. The Hall–Kier alpha value is -2.64. The molecule has 2 aromatic rings. The zero-order valence-electron chi connectivity index (χ0n) is 16.3. The molecule has 1 aliphatic rings. The number of nitrogens with zero attached hydrogens (tertiary/aromatic N) is 2. The Morgan fingerprint density at radius 1 is 1.14 bits per heavy atom. The lowest BCUT2D eigenvalue weighted by Gasteiger charge is -2.27. The summed E-state index contributed by atoms with van der Waals surface area (Å²) in [5, 5.41) is 3.76. The number of carbonyl (C=O) groups is 2. The molecule has 2 N–H and O–H groups in total. The van der Waals surface area contributed by atoms with Crippen LogP contribution in [-0.2, 0) is 16.1 Å². The average Bonchev–Trinajstić information content (AvgIpc) is 3.11. The van der Waals surface area contributed by atoms with Crippen LogP contribution in [0.25, 0.3) is 0 Å². The van der Waals surface area contributed by atoms with Crippen molar-refractivity contribution in [3.05, 3.63) is 71.8 Å². The number of oxime groups is 1. The van der Waals surface area contributed by atoms with Gasteiger partial charge >= 0.3 is 0 Å². The van der Waals surface area contributed by atoms with Gasteiger partial charge in [-0.1, -0.05) is 60.6 Å². The van der Waals surface area contributed by atoms with E-state index < -0.39 is 24.0 Å². The zero-order chi connectivity index (χ0) is 20.8. The fourth-order valence-electron chi connectivity index (χ4n) is 3.21. The molecular weight excluding hydrogens is 386 g/mol. The molecule has 0 saturated carbocycles. The third-order valence-corrected chi connectivity index (χ3v) is 5.50. The van der Waals surface area contributed by atoms with Gasteiger partial charge in [-0.2, -0.15) is 12.6 Å². The maximum absolute atomic E-state index is 13.2. The van der Waals surface area contributed by atoms with Gasteiger partial charge in [0.1, 0.15) is 0 Å². The van der Waals surface area contributed by atoms with Crippen LogP contribution in [-0.4, -0.2) is 46.4 Å². The van der Waals surface area contributed by atoms with Crippen LogP contribution in [0.5, 0.6) is 0 Å². The van der Waals surface area contributed by atoms with Crippen molar-refractivity contribution >= 4 is 30.2 Å². The normalized spacial score (nSPS) is 19.2. The quantitative estimate of drug-likeness (QED) is 0.686. The van der Waals surface area contributed by atoms with E-state index in [0.717, 1.165) is 11.3 Å². The van der Waals surface area contributed by atoms with Crippen molar-refractivity contribution in [1.82, 2.24) is 4.90 Å². The number of nitrogens with two attached hydrogens (primary N) is 1. The minimum atomic E-state index is -0.851. The Labute approximate surface area is 176 Å². The highest BCUT2D eigenvalue weighted by Crippen LogP contribution is 2.21. The van der Waals surface area contributed by atoms with E-state index >= 15 is 0 Å². The minimum absolute atomic E-state index is 0.0379. The molecule has 152 valence electrons. The van der Waals surface area contributed by atoms with Crippen LogP contribution in [0.2, 0.25) is 0 Å². The molecule has 0 bridgehead atoms. The van der Waals surface area contributed by atoms with Gasteiger partial charge in [0.25, 0.3) is 5.91 Å². The van der Waals surface area contributed by atoms with E-state index in [1.807, 2.05) is 43.3 Å². The molecule has 0 saturated heterocycles. The fourth-order valence-corrected chi connectivity index (χ4v) is 3.59. The first kappa shape index (κ1) is 21.1. The van der Waals surface area contributed by atoms with Gasteiger partial charge in [-0.3, -0.25) is 14.5 Å². The van der Waals surface area contributed by atoms with Crippen molar-refractivity contribution < 1.29 is 14.4 Å². The molecule has 1 heterocycles. The lowest BCUT2D eigenvalue weighted by molar-refractivity contribution is -0.131. The van der Waals surface area contributed by atoms with Gasteiger partial charge in [0, 0.05) is 5.56 Å². The molecule has 0 aromatic heterocycles. The van der Waals surface area contributed by atoms with Gasteiger partial charge in [0.2, 0.25) is 5.91 Å². The second-order valence-corrected chi connectivity index (χ2v) is 7.50. The third kappa shape index (κ3) is 5.05. The lowest BCUT2D eigenvalue weighted by atomic mass is 10.0. The van der Waals surface area contributed by atoms with E-state index in [2.05, 4.69) is 17.8 Å². The van der Waals surface area contributed by atoms with E-state index in [1.165, 1.54) is 4.90 Å². The number of hydrogen-bond acceptors (Lipinski definition) is 6. The summed E-state index contributed by atoms with van der Waals surface area (Å²) in [6, 6.07) is 17.3. The van der Waals surface area contributed by atoms with E-state index in [-0.39, 0.29) is 11.8 Å². The second kappa shape index (κ2) is 9.71. The lowest BCUT2D eigenvalue weighted by Crippen LogP contribution is -2.51.